The van der Waals surface area contributed by atoms with Gasteiger partial charge in [-0.3, -0.25) is 0 Å². The Hall–Kier alpha value is -1.18. The lowest BCUT2D eigenvalue weighted by Crippen LogP contribution is -2.31. The summed E-state index contributed by atoms with van der Waals surface area (Å²) in [6.45, 7) is 2.44. The first-order chi connectivity index (χ1) is 9.03. The maximum Gasteiger partial charge on any atom is 0.244 e. The van der Waals surface area contributed by atoms with Gasteiger partial charge < -0.3 is 10.2 Å². The Bertz CT molecular complexity index is 532. The fourth-order valence-corrected chi connectivity index (χ4v) is 3.57. The Morgan fingerprint density at radius 1 is 1.53 bits per heavy atom. The highest BCUT2D eigenvalue weighted by atomic mass is 32.2. The number of hydrogen-bond acceptors (Lipinski definition) is 5. The van der Waals surface area contributed by atoms with Gasteiger partial charge in [0, 0.05) is 26.3 Å². The summed E-state index contributed by atoms with van der Waals surface area (Å²) in [6.07, 6.45) is 2.60. The van der Waals surface area contributed by atoms with Crippen molar-refractivity contribution in [2.45, 2.75) is 11.3 Å². The highest BCUT2D eigenvalue weighted by Crippen LogP contribution is 2.18. The molecule has 2 rings (SSSR count). The average Bonchev–Trinajstić information content (AvgIpc) is 2.82. The minimum absolute atomic E-state index is 0.198. The Labute approximate surface area is 114 Å². The van der Waals surface area contributed by atoms with Gasteiger partial charge in [-0.25, -0.2) is 18.1 Å². The van der Waals surface area contributed by atoms with Gasteiger partial charge in [0.15, 0.2) is 0 Å². The molecule has 6 nitrogen and oxygen atoms in total. The normalized spacial score (nSPS) is 20.6. The largest absolute Gasteiger partial charge is 0.372 e. The van der Waals surface area contributed by atoms with Gasteiger partial charge >= 0.3 is 0 Å². The Morgan fingerprint density at radius 3 is 2.95 bits per heavy atom. The Morgan fingerprint density at radius 2 is 2.32 bits per heavy atom. The molecule has 0 saturated carbocycles. The monoisotopic (exact) mass is 284 g/mol. The molecule has 1 saturated heterocycles. The SMILES string of the molecule is CNc1ncccc1S(=O)(=O)NCC1CCN(C)C1. The molecule has 1 aliphatic rings. The van der Waals surface area contributed by atoms with E-state index in [4.69, 9.17) is 0 Å². The van der Waals surface area contributed by atoms with E-state index in [2.05, 4.69) is 27.0 Å². The third kappa shape index (κ3) is 3.43. The second kappa shape index (κ2) is 5.85. The van der Waals surface area contributed by atoms with Crippen LogP contribution >= 0.6 is 0 Å². The molecular weight excluding hydrogens is 264 g/mol. The molecule has 1 atom stereocenters. The molecule has 2 heterocycles. The molecule has 0 radical (unpaired) electrons. The van der Waals surface area contributed by atoms with Crippen molar-refractivity contribution >= 4 is 15.8 Å². The van der Waals surface area contributed by atoms with E-state index in [1.165, 1.54) is 0 Å². The first kappa shape index (κ1) is 14.2. The van der Waals surface area contributed by atoms with Crippen molar-refractivity contribution in [3.8, 4) is 0 Å². The smallest absolute Gasteiger partial charge is 0.244 e. The molecular formula is C12H20N4O2S. The highest BCUT2D eigenvalue weighted by Gasteiger charge is 2.23. The second-order valence-electron chi connectivity index (χ2n) is 4.87. The highest BCUT2D eigenvalue weighted by molar-refractivity contribution is 7.89. The van der Waals surface area contributed by atoms with Crippen LogP contribution in [0.2, 0.25) is 0 Å². The van der Waals surface area contributed by atoms with Crippen LogP contribution in [0.3, 0.4) is 0 Å². The van der Waals surface area contributed by atoms with E-state index in [1.54, 1.807) is 25.4 Å². The van der Waals surface area contributed by atoms with E-state index < -0.39 is 10.0 Å². The lowest BCUT2D eigenvalue weighted by Gasteiger charge is -2.13. The van der Waals surface area contributed by atoms with E-state index in [0.29, 0.717) is 18.3 Å². The molecule has 7 heteroatoms. The lowest BCUT2D eigenvalue weighted by molar-refractivity contribution is 0.394. The first-order valence-corrected chi connectivity index (χ1v) is 7.82. The van der Waals surface area contributed by atoms with Crippen molar-refractivity contribution in [2.24, 2.45) is 5.92 Å². The molecule has 0 spiro atoms. The van der Waals surface area contributed by atoms with Crippen LogP contribution in [0.1, 0.15) is 6.42 Å². The van der Waals surface area contributed by atoms with Crippen LogP contribution in [0.5, 0.6) is 0 Å². The number of nitrogens with zero attached hydrogens (tertiary/aromatic N) is 2. The van der Waals surface area contributed by atoms with E-state index in [1.807, 2.05) is 0 Å². The minimum Gasteiger partial charge on any atom is -0.372 e. The van der Waals surface area contributed by atoms with E-state index >= 15 is 0 Å². The zero-order valence-electron chi connectivity index (χ0n) is 11.3. The van der Waals surface area contributed by atoms with Gasteiger partial charge in [0.05, 0.1) is 0 Å². The van der Waals surface area contributed by atoms with Crippen molar-refractivity contribution in [2.75, 3.05) is 39.0 Å². The lowest BCUT2D eigenvalue weighted by atomic mass is 10.1. The second-order valence-corrected chi connectivity index (χ2v) is 6.60. The fourth-order valence-electron chi connectivity index (χ4n) is 2.29. The predicted octanol–water partition coefficient (Wildman–Crippen LogP) is 0.353. The molecule has 1 aromatic heterocycles. The van der Waals surface area contributed by atoms with Crippen molar-refractivity contribution in [1.82, 2.24) is 14.6 Å². The quantitative estimate of drug-likeness (QED) is 0.816. The number of aromatic nitrogens is 1. The summed E-state index contributed by atoms with van der Waals surface area (Å²) in [4.78, 5) is 6.43. The van der Waals surface area contributed by atoms with Crippen molar-refractivity contribution in [3.05, 3.63) is 18.3 Å². The van der Waals surface area contributed by atoms with Crippen LogP contribution in [-0.4, -0.2) is 52.0 Å². The topological polar surface area (TPSA) is 74.3 Å². The predicted molar refractivity (Wildman–Crippen MR) is 74.6 cm³/mol. The Kier molecular flexibility index (Phi) is 4.38. The molecule has 1 aromatic rings. The molecule has 0 aliphatic carbocycles. The van der Waals surface area contributed by atoms with Gasteiger partial charge in [-0.2, -0.15) is 0 Å². The van der Waals surface area contributed by atoms with E-state index in [9.17, 15) is 8.42 Å². The summed E-state index contributed by atoms with van der Waals surface area (Å²) >= 11 is 0. The summed E-state index contributed by atoms with van der Waals surface area (Å²) < 4.78 is 27.2. The van der Waals surface area contributed by atoms with Crippen LogP contribution in [0.25, 0.3) is 0 Å². The third-order valence-electron chi connectivity index (χ3n) is 3.35. The van der Waals surface area contributed by atoms with Gasteiger partial charge in [0.1, 0.15) is 10.7 Å². The maximum absolute atomic E-state index is 12.2. The van der Waals surface area contributed by atoms with Crippen LogP contribution in [-0.2, 0) is 10.0 Å². The number of nitrogens with one attached hydrogen (secondary N) is 2. The van der Waals surface area contributed by atoms with Crippen LogP contribution in [0.4, 0.5) is 5.82 Å². The third-order valence-corrected chi connectivity index (χ3v) is 4.80. The minimum atomic E-state index is -3.50. The molecule has 0 bridgehead atoms. The molecule has 0 amide bonds. The number of sulfonamides is 1. The van der Waals surface area contributed by atoms with Gasteiger partial charge in [0.2, 0.25) is 10.0 Å². The summed E-state index contributed by atoms with van der Waals surface area (Å²) in [6, 6.07) is 3.18. The molecule has 106 valence electrons. The summed E-state index contributed by atoms with van der Waals surface area (Å²) in [5.74, 6) is 0.757. The van der Waals surface area contributed by atoms with Crippen molar-refractivity contribution in [1.29, 1.82) is 0 Å². The molecule has 19 heavy (non-hydrogen) atoms. The first-order valence-electron chi connectivity index (χ1n) is 6.34. The fraction of sp³-hybridized carbons (Fsp3) is 0.583. The van der Waals surface area contributed by atoms with Gasteiger partial charge in [0.25, 0.3) is 0 Å². The number of likely N-dealkylation sites (tertiary alicyclic amines) is 1. The summed E-state index contributed by atoms with van der Waals surface area (Å²) in [5.41, 5.74) is 0. The zero-order chi connectivity index (χ0) is 13.9. The molecule has 2 N–H and O–H groups in total. The van der Waals surface area contributed by atoms with Crippen LogP contribution < -0.4 is 10.0 Å². The Balaban J connectivity index is 2.06. The van der Waals surface area contributed by atoms with Crippen LogP contribution in [0.15, 0.2) is 23.2 Å². The van der Waals surface area contributed by atoms with Crippen LogP contribution in [0, 0.1) is 5.92 Å². The van der Waals surface area contributed by atoms with Gasteiger partial charge in [-0.05, 0) is 38.1 Å². The molecule has 1 fully saturated rings. The van der Waals surface area contributed by atoms with Gasteiger partial charge in [-0.1, -0.05) is 0 Å². The zero-order valence-corrected chi connectivity index (χ0v) is 12.1. The number of anilines is 1. The standard InChI is InChI=1S/C12H20N4O2S/c1-13-12-11(4-3-6-14-12)19(17,18)15-8-10-5-7-16(2)9-10/h3-4,6,10,15H,5,7-9H2,1-2H3,(H,13,14). The summed E-state index contributed by atoms with van der Waals surface area (Å²) in [7, 11) is 0.209. The van der Waals surface area contributed by atoms with Crippen molar-refractivity contribution < 1.29 is 8.42 Å². The summed E-state index contributed by atoms with van der Waals surface area (Å²) in [5, 5.41) is 2.80. The molecule has 1 unspecified atom stereocenters. The van der Waals surface area contributed by atoms with E-state index in [-0.39, 0.29) is 4.90 Å². The average molecular weight is 284 g/mol. The molecule has 1 aliphatic heterocycles. The number of hydrogen-bond donors (Lipinski definition) is 2. The maximum atomic E-state index is 12.2. The number of pyridine rings is 1. The van der Waals surface area contributed by atoms with Gasteiger partial charge in [-0.15, -0.1) is 0 Å². The van der Waals surface area contributed by atoms with E-state index in [0.717, 1.165) is 19.5 Å². The van der Waals surface area contributed by atoms with Crippen molar-refractivity contribution in [3.63, 3.8) is 0 Å². The molecule has 0 aromatic carbocycles. The number of rotatable bonds is 5.